The van der Waals surface area contributed by atoms with Crippen LogP contribution < -0.4 is 15.2 Å². The monoisotopic (exact) mass is 299 g/mol. The molecule has 0 fully saturated rings. The van der Waals surface area contributed by atoms with E-state index in [2.05, 4.69) is 26.8 Å². The van der Waals surface area contributed by atoms with E-state index in [4.69, 9.17) is 15.2 Å². The number of nitrogens with two attached hydrogens (primary N) is 1. The summed E-state index contributed by atoms with van der Waals surface area (Å²) in [6.45, 7) is 6.43. The van der Waals surface area contributed by atoms with Crippen LogP contribution in [-0.2, 0) is 5.41 Å². The average molecular weight is 299 g/mol. The Labute approximate surface area is 130 Å². The van der Waals surface area contributed by atoms with Gasteiger partial charge in [0, 0.05) is 11.1 Å². The smallest absolute Gasteiger partial charge is 0.409 e. The predicted molar refractivity (Wildman–Crippen MR) is 87.3 cm³/mol. The number of benzene rings is 2. The summed E-state index contributed by atoms with van der Waals surface area (Å²) in [5, 5.41) is 0. The molecule has 116 valence electrons. The molecule has 0 saturated carbocycles. The van der Waals surface area contributed by atoms with E-state index >= 15 is 0 Å². The molecule has 0 spiro atoms. The zero-order valence-corrected chi connectivity index (χ0v) is 13.3. The second kappa shape index (κ2) is 6.10. The van der Waals surface area contributed by atoms with Gasteiger partial charge in [0.25, 0.3) is 0 Å². The van der Waals surface area contributed by atoms with Crippen molar-refractivity contribution in [3.05, 3.63) is 48.0 Å². The average Bonchev–Trinajstić information content (AvgIpc) is 2.45. The topological polar surface area (TPSA) is 61.6 Å². The largest absolute Gasteiger partial charge is 0.496 e. The quantitative estimate of drug-likeness (QED) is 0.927. The van der Waals surface area contributed by atoms with Crippen molar-refractivity contribution in [1.82, 2.24) is 0 Å². The van der Waals surface area contributed by atoms with E-state index in [1.54, 1.807) is 19.2 Å². The van der Waals surface area contributed by atoms with E-state index in [1.165, 1.54) is 0 Å². The molecule has 1 amide bonds. The van der Waals surface area contributed by atoms with Gasteiger partial charge in [-0.05, 0) is 29.2 Å². The van der Waals surface area contributed by atoms with Gasteiger partial charge in [-0.15, -0.1) is 0 Å². The fourth-order valence-electron chi connectivity index (χ4n) is 2.27. The molecular weight excluding hydrogens is 278 g/mol. The number of carbonyl (C=O) groups excluding carboxylic acids is 1. The molecule has 0 heterocycles. The number of rotatable bonds is 3. The number of amides is 1. The lowest BCUT2D eigenvalue weighted by molar-refractivity contribution is 0.211. The fraction of sp³-hybridized carbons (Fsp3) is 0.278. The van der Waals surface area contributed by atoms with Crippen LogP contribution in [0.2, 0.25) is 0 Å². The van der Waals surface area contributed by atoms with Gasteiger partial charge in [-0.2, -0.15) is 0 Å². The number of para-hydroxylation sites is 1. The van der Waals surface area contributed by atoms with Crippen LogP contribution in [0, 0.1) is 0 Å². The second-order valence-electron chi connectivity index (χ2n) is 6.08. The van der Waals surface area contributed by atoms with E-state index in [0.717, 1.165) is 16.7 Å². The minimum absolute atomic E-state index is 0.000505. The molecule has 0 aliphatic rings. The van der Waals surface area contributed by atoms with Crippen molar-refractivity contribution in [2.45, 2.75) is 26.2 Å². The van der Waals surface area contributed by atoms with Gasteiger partial charge < -0.3 is 15.2 Å². The third kappa shape index (κ3) is 3.39. The highest BCUT2D eigenvalue weighted by molar-refractivity contribution is 5.79. The van der Waals surface area contributed by atoms with Crippen LogP contribution in [0.15, 0.2) is 42.5 Å². The Morgan fingerprint density at radius 1 is 1.00 bits per heavy atom. The first-order chi connectivity index (χ1) is 10.3. The molecule has 4 nitrogen and oxygen atoms in total. The minimum atomic E-state index is -0.835. The molecule has 0 unspecified atom stereocenters. The molecule has 0 radical (unpaired) electrons. The zero-order valence-electron chi connectivity index (χ0n) is 13.3. The number of primary amides is 1. The molecular formula is C18H21NO3. The summed E-state index contributed by atoms with van der Waals surface area (Å²) in [6.07, 6.45) is -0.835. The van der Waals surface area contributed by atoms with Crippen molar-refractivity contribution in [3.8, 4) is 22.6 Å². The maximum Gasteiger partial charge on any atom is 0.409 e. The van der Waals surface area contributed by atoms with Gasteiger partial charge in [0.15, 0.2) is 0 Å². The first-order valence-electron chi connectivity index (χ1n) is 7.08. The van der Waals surface area contributed by atoms with Gasteiger partial charge in [-0.3, -0.25) is 0 Å². The number of ether oxygens (including phenoxy) is 2. The molecule has 0 aliphatic carbocycles. The summed E-state index contributed by atoms with van der Waals surface area (Å²) >= 11 is 0. The lowest BCUT2D eigenvalue weighted by Crippen LogP contribution is -2.16. The summed E-state index contributed by atoms with van der Waals surface area (Å²) in [7, 11) is 1.62. The lowest BCUT2D eigenvalue weighted by Gasteiger charge is -2.21. The van der Waals surface area contributed by atoms with Crippen LogP contribution in [0.5, 0.6) is 11.5 Å². The Hall–Kier alpha value is -2.49. The molecule has 0 bridgehead atoms. The Morgan fingerprint density at radius 2 is 1.68 bits per heavy atom. The molecule has 22 heavy (non-hydrogen) atoms. The van der Waals surface area contributed by atoms with E-state index < -0.39 is 6.09 Å². The van der Waals surface area contributed by atoms with Crippen LogP contribution in [0.4, 0.5) is 4.79 Å². The van der Waals surface area contributed by atoms with E-state index in [0.29, 0.717) is 11.5 Å². The Kier molecular flexibility index (Phi) is 4.40. The molecule has 2 N–H and O–H groups in total. The lowest BCUT2D eigenvalue weighted by atomic mass is 9.85. The number of carbonyl (C=O) groups is 1. The molecule has 2 aromatic rings. The molecule has 2 aromatic carbocycles. The summed E-state index contributed by atoms with van der Waals surface area (Å²) < 4.78 is 10.6. The van der Waals surface area contributed by atoms with Crippen LogP contribution in [-0.4, -0.2) is 13.2 Å². The fourth-order valence-corrected chi connectivity index (χ4v) is 2.27. The number of methoxy groups -OCH3 is 1. The normalized spacial score (nSPS) is 11.1. The zero-order chi connectivity index (χ0) is 16.3. The molecule has 0 aromatic heterocycles. The van der Waals surface area contributed by atoms with Crippen molar-refractivity contribution in [1.29, 1.82) is 0 Å². The van der Waals surface area contributed by atoms with Crippen molar-refractivity contribution >= 4 is 6.09 Å². The highest BCUT2D eigenvalue weighted by atomic mass is 16.5. The highest BCUT2D eigenvalue weighted by Crippen LogP contribution is 2.39. The number of hydrogen-bond acceptors (Lipinski definition) is 3. The first kappa shape index (κ1) is 15.9. The van der Waals surface area contributed by atoms with Gasteiger partial charge in [-0.1, -0.05) is 45.0 Å². The summed E-state index contributed by atoms with van der Waals surface area (Å²) in [6, 6.07) is 13.3. The van der Waals surface area contributed by atoms with Crippen molar-refractivity contribution in [2.24, 2.45) is 5.73 Å². The van der Waals surface area contributed by atoms with Crippen molar-refractivity contribution < 1.29 is 14.3 Å². The summed E-state index contributed by atoms with van der Waals surface area (Å²) in [5.41, 5.74) is 7.95. The van der Waals surface area contributed by atoms with Gasteiger partial charge >= 0.3 is 6.09 Å². The van der Waals surface area contributed by atoms with Gasteiger partial charge in [0.2, 0.25) is 0 Å². The summed E-state index contributed by atoms with van der Waals surface area (Å²) in [5.74, 6) is 1.13. The van der Waals surface area contributed by atoms with E-state index in [-0.39, 0.29) is 5.41 Å². The molecule has 0 atom stereocenters. The first-order valence-corrected chi connectivity index (χ1v) is 7.08. The SMILES string of the molecule is COc1ccc(C(C)(C)C)cc1-c1ccccc1OC(N)=O. The van der Waals surface area contributed by atoms with Gasteiger partial charge in [-0.25, -0.2) is 4.79 Å². The molecule has 0 aliphatic heterocycles. The van der Waals surface area contributed by atoms with E-state index in [9.17, 15) is 4.79 Å². The minimum Gasteiger partial charge on any atom is -0.496 e. The third-order valence-electron chi connectivity index (χ3n) is 3.45. The van der Waals surface area contributed by atoms with E-state index in [1.807, 2.05) is 24.3 Å². The molecule has 2 rings (SSSR count). The maximum atomic E-state index is 11.1. The second-order valence-corrected chi connectivity index (χ2v) is 6.08. The Balaban J connectivity index is 2.63. The summed E-state index contributed by atoms with van der Waals surface area (Å²) in [4.78, 5) is 11.1. The number of hydrogen-bond donors (Lipinski definition) is 1. The maximum absolute atomic E-state index is 11.1. The molecule has 0 saturated heterocycles. The van der Waals surface area contributed by atoms with Crippen LogP contribution in [0.25, 0.3) is 11.1 Å². The van der Waals surface area contributed by atoms with Crippen molar-refractivity contribution in [3.63, 3.8) is 0 Å². The Bertz CT molecular complexity index is 687. The predicted octanol–water partition coefficient (Wildman–Crippen LogP) is 4.12. The van der Waals surface area contributed by atoms with Gasteiger partial charge in [0.05, 0.1) is 7.11 Å². The van der Waals surface area contributed by atoms with Gasteiger partial charge in [0.1, 0.15) is 11.5 Å². The highest BCUT2D eigenvalue weighted by Gasteiger charge is 2.18. The van der Waals surface area contributed by atoms with Crippen LogP contribution in [0.3, 0.4) is 0 Å². The molecule has 4 heteroatoms. The van der Waals surface area contributed by atoms with Crippen LogP contribution >= 0.6 is 0 Å². The third-order valence-corrected chi connectivity index (χ3v) is 3.45. The van der Waals surface area contributed by atoms with Crippen molar-refractivity contribution in [2.75, 3.05) is 7.11 Å². The van der Waals surface area contributed by atoms with Crippen LogP contribution in [0.1, 0.15) is 26.3 Å². The Morgan fingerprint density at radius 3 is 2.27 bits per heavy atom. The standard InChI is InChI=1S/C18H21NO3/c1-18(2,3)12-9-10-15(21-4)14(11-12)13-7-5-6-8-16(13)22-17(19)20/h5-11H,1-4H3,(H2,19,20).